The number of aryl methyl sites for hydroxylation is 1. The molecule has 1 fully saturated rings. The van der Waals surface area contributed by atoms with E-state index in [2.05, 4.69) is 16.2 Å². The molecule has 1 aliphatic carbocycles. The van der Waals surface area contributed by atoms with E-state index in [1.807, 2.05) is 18.2 Å². The highest BCUT2D eigenvalue weighted by atomic mass is 35.5. The molecule has 1 N–H and O–H groups in total. The van der Waals surface area contributed by atoms with E-state index in [-0.39, 0.29) is 29.6 Å². The fraction of sp³-hybridized carbons (Fsp3) is 0.484. The molecule has 9 heteroatoms. The number of nitrogens with zero attached hydrogens (tertiary/aromatic N) is 1. The van der Waals surface area contributed by atoms with Crippen molar-refractivity contribution >= 4 is 39.0 Å². The maximum Gasteiger partial charge on any atom is 0.264 e. The van der Waals surface area contributed by atoms with Gasteiger partial charge in [0.1, 0.15) is 18.1 Å². The van der Waals surface area contributed by atoms with Gasteiger partial charge in [0.15, 0.2) is 0 Å². The minimum absolute atomic E-state index is 0.100. The number of hydrogen-bond donors (Lipinski definition) is 1. The lowest BCUT2D eigenvalue weighted by molar-refractivity contribution is -0.128. The van der Waals surface area contributed by atoms with Gasteiger partial charge in [0, 0.05) is 36.0 Å². The summed E-state index contributed by atoms with van der Waals surface area (Å²) in [7, 11) is -4.03. The molecule has 5 rings (SSSR count). The average molecular weight is 585 g/mol. The van der Waals surface area contributed by atoms with Gasteiger partial charge in [-0.1, -0.05) is 23.7 Å². The van der Waals surface area contributed by atoms with Crippen LogP contribution in [0.5, 0.6) is 5.75 Å². The fourth-order valence-electron chi connectivity index (χ4n) is 6.17. The fourth-order valence-corrected chi connectivity index (χ4v) is 7.64. The Morgan fingerprint density at radius 2 is 1.95 bits per heavy atom. The summed E-state index contributed by atoms with van der Waals surface area (Å²) in [6.07, 6.45) is 6.68. The monoisotopic (exact) mass is 584 g/mol. The van der Waals surface area contributed by atoms with E-state index in [4.69, 9.17) is 16.3 Å². The molecule has 7 nitrogen and oxygen atoms in total. The number of benzene rings is 2. The van der Waals surface area contributed by atoms with Crippen molar-refractivity contribution in [1.82, 2.24) is 4.72 Å². The number of anilines is 1. The highest BCUT2D eigenvalue weighted by molar-refractivity contribution is 7.90. The molecule has 3 aliphatic rings. The average Bonchev–Trinajstić information content (AvgIpc) is 2.92. The predicted octanol–water partition coefficient (Wildman–Crippen LogP) is 5.70. The molecule has 4 atom stereocenters. The normalized spacial score (nSPS) is 26.9. The van der Waals surface area contributed by atoms with Crippen LogP contribution < -0.4 is 14.4 Å². The number of ketones is 1. The molecule has 214 valence electrons. The molecule has 0 spiro atoms. The minimum Gasteiger partial charge on any atom is -0.487 e. The third-order valence-electron chi connectivity index (χ3n) is 8.84. The van der Waals surface area contributed by atoms with Gasteiger partial charge in [-0.05, 0) is 98.7 Å². The van der Waals surface area contributed by atoms with Crippen molar-refractivity contribution in [1.29, 1.82) is 0 Å². The molecular formula is C31H37ClN2O5S. The summed E-state index contributed by atoms with van der Waals surface area (Å²) in [5.74, 6) is -0.347. The van der Waals surface area contributed by atoms with Gasteiger partial charge in [0.25, 0.3) is 5.91 Å². The van der Waals surface area contributed by atoms with E-state index >= 15 is 0 Å². The molecular weight excluding hydrogens is 548 g/mol. The van der Waals surface area contributed by atoms with Crippen LogP contribution in [0.25, 0.3) is 0 Å². The lowest BCUT2D eigenvalue weighted by atomic mass is 9.69. The standard InChI is InChI=1S/C31H37ClN2O5S/c1-3-6-21-17-29(35)27-12-9-24(27)18-34-14-5-4-7-22-15-26(32)11-8-25(22)19-39-30-13-10-23(16-28(30)34)31(36)33-40(37,38)20(21)2/h3,8,10-11,13,15-16,20-21,24,27H,1,4-7,9,12,14,17-19H2,2H3,(H,33,36)/t20?,21?,24-,27+/m0/s1. The van der Waals surface area contributed by atoms with Crippen LogP contribution in [0, 0.1) is 17.8 Å². The zero-order valence-corrected chi connectivity index (χ0v) is 24.5. The summed E-state index contributed by atoms with van der Waals surface area (Å²) in [5, 5.41) is -0.224. The molecule has 2 aromatic carbocycles. The van der Waals surface area contributed by atoms with Crippen LogP contribution in [0.3, 0.4) is 0 Å². The molecule has 2 heterocycles. The highest BCUT2D eigenvalue weighted by Gasteiger charge is 2.40. The van der Waals surface area contributed by atoms with E-state index in [9.17, 15) is 18.0 Å². The number of ether oxygens (including phenoxy) is 1. The lowest BCUT2D eigenvalue weighted by Crippen LogP contribution is -2.45. The van der Waals surface area contributed by atoms with E-state index in [1.165, 1.54) is 0 Å². The Labute approximate surface area is 242 Å². The Hall–Kier alpha value is -2.84. The number of allylic oxidation sites excluding steroid dienone is 1. The van der Waals surface area contributed by atoms with Crippen LogP contribution >= 0.6 is 11.6 Å². The summed E-state index contributed by atoms with van der Waals surface area (Å²) in [6, 6.07) is 10.9. The number of Topliss-reactive ketones (excluding diaryl/α,β-unsaturated/α-hetero) is 1. The van der Waals surface area contributed by atoms with Crippen LogP contribution in [0.1, 0.15) is 66.9 Å². The highest BCUT2D eigenvalue weighted by Crippen LogP contribution is 2.41. The van der Waals surface area contributed by atoms with Crippen LogP contribution in [-0.2, 0) is 27.8 Å². The second kappa shape index (κ2) is 12.0. The second-order valence-corrected chi connectivity index (χ2v) is 13.8. The van der Waals surface area contributed by atoms with E-state index in [1.54, 1.807) is 31.2 Å². The zero-order chi connectivity index (χ0) is 28.4. The summed E-state index contributed by atoms with van der Waals surface area (Å²) < 4.78 is 35.1. The number of sulfonamides is 1. The van der Waals surface area contributed by atoms with Gasteiger partial charge in [-0.15, -0.1) is 6.58 Å². The molecule has 40 heavy (non-hydrogen) atoms. The van der Waals surface area contributed by atoms with Crippen LogP contribution in [0.2, 0.25) is 5.02 Å². The molecule has 1 saturated carbocycles. The van der Waals surface area contributed by atoms with Crippen molar-refractivity contribution in [3.8, 4) is 5.75 Å². The van der Waals surface area contributed by atoms with Crippen LogP contribution in [-0.4, -0.2) is 38.4 Å². The van der Waals surface area contributed by atoms with Crippen molar-refractivity contribution in [2.24, 2.45) is 17.8 Å². The summed E-state index contributed by atoms with van der Waals surface area (Å²) >= 11 is 6.28. The number of fused-ring (bicyclic) bond motifs is 3. The maximum atomic E-state index is 13.5. The van der Waals surface area contributed by atoms with Crippen molar-refractivity contribution in [3.05, 3.63) is 70.8 Å². The SMILES string of the molecule is C=CCC1CC(=O)[C@@H]2CC[C@H]2CN2CCCCc3cc(Cl)ccc3COc3ccc(cc32)C(=O)NS(=O)(=O)C1C. The van der Waals surface area contributed by atoms with Gasteiger partial charge in [0.05, 0.1) is 10.9 Å². The number of nitrogens with one attached hydrogen (secondary N) is 1. The van der Waals surface area contributed by atoms with Crippen molar-refractivity contribution in [2.45, 2.75) is 63.7 Å². The minimum atomic E-state index is -4.03. The molecule has 2 unspecified atom stereocenters. The molecule has 1 amide bonds. The Balaban J connectivity index is 1.55. The van der Waals surface area contributed by atoms with Gasteiger partial charge < -0.3 is 9.64 Å². The molecule has 0 aromatic heterocycles. The Morgan fingerprint density at radius 3 is 2.70 bits per heavy atom. The second-order valence-electron chi connectivity index (χ2n) is 11.4. The number of carbonyl (C=O) groups is 2. The van der Waals surface area contributed by atoms with Crippen molar-refractivity contribution < 1.29 is 22.7 Å². The summed E-state index contributed by atoms with van der Waals surface area (Å²) in [4.78, 5) is 28.9. The number of rotatable bonds is 2. The Kier molecular flexibility index (Phi) is 8.57. The number of halogens is 1. The predicted molar refractivity (Wildman–Crippen MR) is 157 cm³/mol. The van der Waals surface area contributed by atoms with Gasteiger partial charge in [-0.3, -0.25) is 9.59 Å². The first kappa shape index (κ1) is 28.7. The number of amides is 1. The Morgan fingerprint density at radius 1 is 1.12 bits per heavy atom. The van der Waals surface area contributed by atoms with E-state index in [0.717, 1.165) is 55.5 Å². The first-order valence-corrected chi connectivity index (χ1v) is 16.1. The largest absolute Gasteiger partial charge is 0.487 e. The zero-order valence-electron chi connectivity index (χ0n) is 22.9. The molecule has 2 aliphatic heterocycles. The molecule has 2 bridgehead atoms. The Bertz CT molecular complexity index is 1410. The summed E-state index contributed by atoms with van der Waals surface area (Å²) in [5.41, 5.74) is 3.22. The van der Waals surface area contributed by atoms with E-state index in [0.29, 0.717) is 30.3 Å². The molecule has 2 aromatic rings. The molecule has 0 saturated heterocycles. The van der Waals surface area contributed by atoms with Crippen LogP contribution in [0.4, 0.5) is 5.69 Å². The topological polar surface area (TPSA) is 92.8 Å². The first-order chi connectivity index (χ1) is 19.2. The van der Waals surface area contributed by atoms with Gasteiger partial charge >= 0.3 is 0 Å². The van der Waals surface area contributed by atoms with Crippen molar-refractivity contribution in [3.63, 3.8) is 0 Å². The lowest BCUT2D eigenvalue weighted by Gasteiger charge is -2.41. The van der Waals surface area contributed by atoms with Gasteiger partial charge in [0.2, 0.25) is 10.0 Å². The molecule has 0 radical (unpaired) electrons. The van der Waals surface area contributed by atoms with E-state index < -0.39 is 27.1 Å². The van der Waals surface area contributed by atoms with Crippen LogP contribution in [0.15, 0.2) is 49.1 Å². The third-order valence-corrected chi connectivity index (χ3v) is 10.9. The summed E-state index contributed by atoms with van der Waals surface area (Å²) in [6.45, 7) is 7.09. The van der Waals surface area contributed by atoms with Gasteiger partial charge in [-0.2, -0.15) is 0 Å². The van der Waals surface area contributed by atoms with Crippen molar-refractivity contribution in [2.75, 3.05) is 18.0 Å². The first-order valence-electron chi connectivity index (χ1n) is 14.1. The number of carbonyl (C=O) groups excluding carboxylic acids is 2. The maximum absolute atomic E-state index is 13.5. The quantitative estimate of drug-likeness (QED) is 0.455. The smallest absolute Gasteiger partial charge is 0.264 e. The number of hydrogen-bond acceptors (Lipinski definition) is 6. The van der Waals surface area contributed by atoms with Gasteiger partial charge in [-0.25, -0.2) is 13.1 Å². The third kappa shape index (κ3) is 6.08.